The molecule has 22 heavy (non-hydrogen) atoms. The van der Waals surface area contributed by atoms with E-state index in [0.29, 0.717) is 0 Å². The van der Waals surface area contributed by atoms with E-state index in [1.807, 2.05) is 74.4 Å². The Hall–Kier alpha value is -2.82. The number of anilines is 2. The van der Waals surface area contributed by atoms with Gasteiger partial charge in [0.25, 0.3) is 0 Å². The molecule has 2 aromatic rings. The van der Waals surface area contributed by atoms with E-state index in [2.05, 4.69) is 15.8 Å². The molecular weight excluding hydrogens is 276 g/mol. The highest BCUT2D eigenvalue weighted by atomic mass is 16.2. The number of urea groups is 1. The number of nitrogens with zero attached hydrogens (tertiary/aromatic N) is 2. The van der Waals surface area contributed by atoms with Crippen molar-refractivity contribution in [3.63, 3.8) is 0 Å². The number of carbonyl (C=O) groups excluding carboxylic acids is 1. The zero-order valence-electron chi connectivity index (χ0n) is 13.0. The molecule has 0 bridgehead atoms. The molecule has 5 nitrogen and oxygen atoms in total. The van der Waals surface area contributed by atoms with Crippen LogP contribution in [0.25, 0.3) is 0 Å². The maximum Gasteiger partial charge on any atom is 0.339 e. The third-order valence-electron chi connectivity index (χ3n) is 3.18. The van der Waals surface area contributed by atoms with Gasteiger partial charge in [-0.1, -0.05) is 30.3 Å². The minimum Gasteiger partial charge on any atom is -0.378 e. The van der Waals surface area contributed by atoms with E-state index in [4.69, 9.17) is 0 Å². The van der Waals surface area contributed by atoms with Crippen LogP contribution in [-0.4, -0.2) is 26.3 Å². The Morgan fingerprint density at radius 3 is 2.41 bits per heavy atom. The average Bonchev–Trinajstić information content (AvgIpc) is 2.50. The van der Waals surface area contributed by atoms with Crippen molar-refractivity contribution < 1.29 is 4.79 Å². The third-order valence-corrected chi connectivity index (χ3v) is 3.18. The lowest BCUT2D eigenvalue weighted by molar-refractivity contribution is 0.252. The summed E-state index contributed by atoms with van der Waals surface area (Å²) in [6, 6.07) is 15.1. The summed E-state index contributed by atoms with van der Waals surface area (Å²) in [4.78, 5) is 13.8. The molecule has 0 radical (unpaired) electrons. The Labute approximate surface area is 130 Å². The first-order valence-corrected chi connectivity index (χ1v) is 6.99. The van der Waals surface area contributed by atoms with Crippen molar-refractivity contribution in [3.8, 4) is 0 Å². The lowest BCUT2D eigenvalue weighted by atomic mass is 10.2. The van der Waals surface area contributed by atoms with Crippen molar-refractivity contribution in [1.82, 2.24) is 5.43 Å². The van der Waals surface area contributed by atoms with Gasteiger partial charge >= 0.3 is 6.03 Å². The lowest BCUT2D eigenvalue weighted by Gasteiger charge is -2.11. The Balaban J connectivity index is 1.89. The van der Waals surface area contributed by atoms with Gasteiger partial charge in [-0.25, -0.2) is 10.2 Å². The second-order valence-corrected chi connectivity index (χ2v) is 5.13. The Bertz CT molecular complexity index is 663. The molecule has 0 spiro atoms. The molecule has 0 fully saturated rings. The summed E-state index contributed by atoms with van der Waals surface area (Å²) in [6.45, 7) is 1.94. The number of rotatable bonds is 4. The molecule has 0 heterocycles. The molecule has 0 saturated carbocycles. The number of nitrogens with one attached hydrogen (secondary N) is 2. The normalized spacial score (nSPS) is 10.5. The van der Waals surface area contributed by atoms with Crippen molar-refractivity contribution in [2.45, 2.75) is 6.92 Å². The maximum atomic E-state index is 11.8. The van der Waals surface area contributed by atoms with Gasteiger partial charge in [0.15, 0.2) is 0 Å². The first kappa shape index (κ1) is 15.6. The van der Waals surface area contributed by atoms with Crippen LogP contribution < -0.4 is 15.6 Å². The van der Waals surface area contributed by atoms with E-state index in [1.165, 1.54) is 0 Å². The van der Waals surface area contributed by atoms with E-state index in [-0.39, 0.29) is 6.03 Å². The van der Waals surface area contributed by atoms with Crippen molar-refractivity contribution in [3.05, 3.63) is 59.7 Å². The maximum absolute atomic E-state index is 11.8. The van der Waals surface area contributed by atoms with Crippen LogP contribution in [0.2, 0.25) is 0 Å². The standard InChI is InChI=1S/C17H20N4O/c1-13-6-4-5-7-16(13)19-17(22)20-18-12-14-8-10-15(11-9-14)21(2)3/h4-12H,1-3H3,(H2,19,20,22)/b18-12-. The van der Waals surface area contributed by atoms with Crippen LogP contribution in [0.4, 0.5) is 16.2 Å². The molecule has 0 aliphatic rings. The van der Waals surface area contributed by atoms with Crippen LogP contribution in [0.5, 0.6) is 0 Å². The molecule has 2 amide bonds. The lowest BCUT2D eigenvalue weighted by Crippen LogP contribution is -2.24. The quantitative estimate of drug-likeness (QED) is 0.672. The summed E-state index contributed by atoms with van der Waals surface area (Å²) < 4.78 is 0. The van der Waals surface area contributed by atoms with Gasteiger partial charge < -0.3 is 10.2 Å². The number of hydrogen-bond acceptors (Lipinski definition) is 3. The number of carbonyl (C=O) groups is 1. The van der Waals surface area contributed by atoms with Gasteiger partial charge in [-0.15, -0.1) is 0 Å². The third kappa shape index (κ3) is 4.34. The van der Waals surface area contributed by atoms with Crippen molar-refractivity contribution in [2.75, 3.05) is 24.3 Å². The Morgan fingerprint density at radius 1 is 1.09 bits per heavy atom. The van der Waals surface area contributed by atoms with Crippen LogP contribution in [0.1, 0.15) is 11.1 Å². The van der Waals surface area contributed by atoms with E-state index >= 15 is 0 Å². The molecule has 0 aliphatic heterocycles. The first-order chi connectivity index (χ1) is 10.6. The highest BCUT2D eigenvalue weighted by molar-refractivity contribution is 5.91. The van der Waals surface area contributed by atoms with Crippen molar-refractivity contribution >= 4 is 23.6 Å². The number of benzene rings is 2. The van der Waals surface area contributed by atoms with Gasteiger partial charge in [-0.2, -0.15) is 5.10 Å². The molecule has 0 atom stereocenters. The van der Waals surface area contributed by atoms with E-state index in [1.54, 1.807) is 6.21 Å². The van der Waals surface area contributed by atoms with Crippen molar-refractivity contribution in [2.24, 2.45) is 5.10 Å². The summed E-state index contributed by atoms with van der Waals surface area (Å²) in [7, 11) is 3.97. The number of aryl methyl sites for hydroxylation is 1. The fourth-order valence-corrected chi connectivity index (χ4v) is 1.89. The molecule has 0 aromatic heterocycles. The smallest absolute Gasteiger partial charge is 0.339 e. The van der Waals surface area contributed by atoms with E-state index in [0.717, 1.165) is 22.5 Å². The van der Waals surface area contributed by atoms with Gasteiger partial charge in [0.2, 0.25) is 0 Å². The second kappa shape index (κ2) is 7.26. The van der Waals surface area contributed by atoms with Crippen LogP contribution in [-0.2, 0) is 0 Å². The number of hydrazone groups is 1. The zero-order chi connectivity index (χ0) is 15.9. The number of hydrogen-bond donors (Lipinski definition) is 2. The van der Waals surface area contributed by atoms with Crippen LogP contribution >= 0.6 is 0 Å². The summed E-state index contributed by atoms with van der Waals surface area (Å²) in [5.41, 5.74) is 6.25. The van der Waals surface area contributed by atoms with Gasteiger partial charge in [0, 0.05) is 25.5 Å². The fourth-order valence-electron chi connectivity index (χ4n) is 1.89. The average molecular weight is 296 g/mol. The van der Waals surface area contributed by atoms with Crippen molar-refractivity contribution in [1.29, 1.82) is 0 Å². The highest BCUT2D eigenvalue weighted by Crippen LogP contribution is 2.13. The molecule has 2 rings (SSSR count). The van der Waals surface area contributed by atoms with Crippen LogP contribution in [0, 0.1) is 6.92 Å². The minimum absolute atomic E-state index is 0.365. The highest BCUT2D eigenvalue weighted by Gasteiger charge is 2.01. The molecular formula is C17H20N4O. The van der Waals surface area contributed by atoms with E-state index < -0.39 is 0 Å². The second-order valence-electron chi connectivity index (χ2n) is 5.13. The topological polar surface area (TPSA) is 56.7 Å². The number of para-hydroxylation sites is 1. The van der Waals surface area contributed by atoms with Crippen LogP contribution in [0.15, 0.2) is 53.6 Å². The summed E-state index contributed by atoms with van der Waals surface area (Å²) in [6.07, 6.45) is 1.61. The zero-order valence-corrected chi connectivity index (χ0v) is 13.0. The molecule has 0 unspecified atom stereocenters. The fraction of sp³-hybridized carbons (Fsp3) is 0.176. The SMILES string of the molecule is Cc1ccccc1NC(=O)N/N=C\c1ccc(N(C)C)cc1. The molecule has 0 aliphatic carbocycles. The molecule has 2 N–H and O–H groups in total. The van der Waals surface area contributed by atoms with E-state index in [9.17, 15) is 4.79 Å². The largest absolute Gasteiger partial charge is 0.378 e. The Kier molecular flexibility index (Phi) is 5.14. The molecule has 114 valence electrons. The summed E-state index contributed by atoms with van der Waals surface area (Å²) >= 11 is 0. The van der Waals surface area contributed by atoms with Gasteiger partial charge in [0.05, 0.1) is 6.21 Å². The van der Waals surface area contributed by atoms with Gasteiger partial charge in [-0.05, 0) is 36.2 Å². The molecule has 0 saturated heterocycles. The first-order valence-electron chi connectivity index (χ1n) is 6.99. The predicted molar refractivity (Wildman–Crippen MR) is 91.7 cm³/mol. The van der Waals surface area contributed by atoms with Gasteiger partial charge in [0.1, 0.15) is 0 Å². The summed E-state index contributed by atoms with van der Waals surface area (Å²) in [5.74, 6) is 0. The van der Waals surface area contributed by atoms with Gasteiger partial charge in [-0.3, -0.25) is 0 Å². The predicted octanol–water partition coefficient (Wildman–Crippen LogP) is 3.22. The van der Waals surface area contributed by atoms with Crippen LogP contribution in [0.3, 0.4) is 0 Å². The summed E-state index contributed by atoms with van der Waals surface area (Å²) in [5, 5.41) is 6.69. The Morgan fingerprint density at radius 2 is 1.77 bits per heavy atom. The molecule has 2 aromatic carbocycles. The number of amides is 2. The molecule has 5 heteroatoms. The monoisotopic (exact) mass is 296 g/mol. The minimum atomic E-state index is -0.365.